The van der Waals surface area contributed by atoms with E-state index in [1.165, 1.54) is 44.3 Å². The molecule has 1 fully saturated rings. The van der Waals surface area contributed by atoms with Gasteiger partial charge in [0.25, 0.3) is 0 Å². The van der Waals surface area contributed by atoms with Gasteiger partial charge in [-0.15, -0.1) is 0 Å². The van der Waals surface area contributed by atoms with Crippen LogP contribution in [0.5, 0.6) is 0 Å². The molecule has 1 rings (SSSR count). The average molecular weight is 273 g/mol. The van der Waals surface area contributed by atoms with E-state index in [2.05, 4.69) is 32.1 Å². The largest absolute Gasteiger partial charge is 0.329 e. The molecule has 1 saturated carbocycles. The molecule has 0 aromatic rings. The van der Waals surface area contributed by atoms with E-state index in [-0.39, 0.29) is 5.54 Å². The molecule has 2 N–H and O–H groups in total. The second kappa shape index (κ2) is 7.76. The predicted molar refractivity (Wildman–Crippen MR) is 84.3 cm³/mol. The van der Waals surface area contributed by atoms with Gasteiger partial charge in [0.15, 0.2) is 0 Å². The van der Waals surface area contributed by atoms with Gasteiger partial charge < -0.3 is 5.73 Å². The minimum atomic E-state index is 0.266. The van der Waals surface area contributed by atoms with Gasteiger partial charge in [-0.25, -0.2) is 0 Å². The first kappa shape index (κ1) is 16.3. The molecule has 18 heavy (non-hydrogen) atoms. The Labute approximate surface area is 118 Å². The van der Waals surface area contributed by atoms with Crippen LogP contribution in [0.25, 0.3) is 0 Å². The molecule has 0 aliphatic heterocycles. The molecule has 3 atom stereocenters. The molecule has 0 spiro atoms. The lowest BCUT2D eigenvalue weighted by Crippen LogP contribution is -2.55. The third-order valence-corrected chi connectivity index (χ3v) is 5.61. The molecule has 0 saturated heterocycles. The first-order chi connectivity index (χ1) is 8.55. The van der Waals surface area contributed by atoms with Crippen molar-refractivity contribution in [1.29, 1.82) is 0 Å². The van der Waals surface area contributed by atoms with Crippen LogP contribution >= 0.6 is 11.8 Å². The Morgan fingerprint density at radius 1 is 1.39 bits per heavy atom. The fraction of sp³-hybridized carbons (Fsp3) is 1.00. The maximum absolute atomic E-state index is 6.17. The summed E-state index contributed by atoms with van der Waals surface area (Å²) in [7, 11) is 2.30. The topological polar surface area (TPSA) is 29.3 Å². The van der Waals surface area contributed by atoms with Gasteiger partial charge in [-0.2, -0.15) is 11.8 Å². The van der Waals surface area contributed by atoms with Gasteiger partial charge in [0.2, 0.25) is 0 Å². The molecule has 2 nitrogen and oxygen atoms in total. The zero-order valence-corrected chi connectivity index (χ0v) is 13.6. The monoisotopic (exact) mass is 272 g/mol. The molecule has 108 valence electrons. The van der Waals surface area contributed by atoms with Crippen LogP contribution in [0.2, 0.25) is 0 Å². The summed E-state index contributed by atoms with van der Waals surface area (Å²) in [5.74, 6) is 2.14. The Kier molecular flexibility index (Phi) is 7.04. The van der Waals surface area contributed by atoms with Crippen molar-refractivity contribution in [3.05, 3.63) is 0 Å². The molecule has 0 radical (unpaired) electrons. The summed E-state index contributed by atoms with van der Waals surface area (Å²) in [4.78, 5) is 2.60. The Morgan fingerprint density at radius 2 is 2.11 bits per heavy atom. The van der Waals surface area contributed by atoms with Gasteiger partial charge in [0, 0.05) is 18.1 Å². The third kappa shape index (κ3) is 4.14. The summed E-state index contributed by atoms with van der Waals surface area (Å²) >= 11 is 1.95. The lowest BCUT2D eigenvalue weighted by atomic mass is 9.86. The van der Waals surface area contributed by atoms with Crippen LogP contribution in [-0.4, -0.2) is 42.1 Å². The van der Waals surface area contributed by atoms with Gasteiger partial charge in [0.05, 0.1) is 0 Å². The van der Waals surface area contributed by atoms with Crippen LogP contribution in [0.4, 0.5) is 0 Å². The predicted octanol–water partition coefficient (Wildman–Crippen LogP) is 3.36. The van der Waals surface area contributed by atoms with Gasteiger partial charge >= 0.3 is 0 Å². The van der Waals surface area contributed by atoms with Crippen molar-refractivity contribution < 1.29 is 0 Å². The van der Waals surface area contributed by atoms with E-state index in [0.717, 1.165) is 12.5 Å². The summed E-state index contributed by atoms with van der Waals surface area (Å²) in [5.41, 5.74) is 6.44. The fourth-order valence-corrected chi connectivity index (χ4v) is 3.79. The van der Waals surface area contributed by atoms with E-state index < -0.39 is 0 Å². The molecule has 0 aromatic carbocycles. The van der Waals surface area contributed by atoms with Crippen LogP contribution in [-0.2, 0) is 0 Å². The highest BCUT2D eigenvalue weighted by Gasteiger charge is 2.36. The van der Waals surface area contributed by atoms with Crippen molar-refractivity contribution in [2.24, 2.45) is 11.7 Å². The van der Waals surface area contributed by atoms with Crippen LogP contribution in [0, 0.1) is 5.92 Å². The summed E-state index contributed by atoms with van der Waals surface area (Å²) in [6, 6.07) is 0.648. The second-order valence-electron chi connectivity index (χ2n) is 6.21. The molecule has 0 heterocycles. The third-order valence-electron chi connectivity index (χ3n) is 4.97. The average Bonchev–Trinajstić information content (AvgIpc) is 2.57. The van der Waals surface area contributed by atoms with Crippen molar-refractivity contribution in [1.82, 2.24) is 4.90 Å². The van der Waals surface area contributed by atoms with E-state index in [1.807, 2.05) is 11.8 Å². The maximum atomic E-state index is 6.17. The summed E-state index contributed by atoms with van der Waals surface area (Å²) in [6.45, 7) is 5.57. The highest BCUT2D eigenvalue weighted by molar-refractivity contribution is 7.98. The minimum absolute atomic E-state index is 0.266. The Hall–Kier alpha value is 0.270. The lowest BCUT2D eigenvalue weighted by Gasteiger charge is -2.44. The quantitative estimate of drug-likeness (QED) is 0.752. The fourth-order valence-electron chi connectivity index (χ4n) is 3.21. The smallest absolute Gasteiger partial charge is 0.0331 e. The first-order valence-corrected chi connectivity index (χ1v) is 8.87. The van der Waals surface area contributed by atoms with Gasteiger partial charge in [0.1, 0.15) is 0 Å². The van der Waals surface area contributed by atoms with E-state index in [1.54, 1.807) is 0 Å². The molecular formula is C15H32N2S. The molecule has 0 bridgehead atoms. The number of likely N-dealkylation sites (N-methyl/N-ethyl adjacent to an activating group) is 1. The Morgan fingerprint density at radius 3 is 2.72 bits per heavy atom. The van der Waals surface area contributed by atoms with E-state index >= 15 is 0 Å². The summed E-state index contributed by atoms with van der Waals surface area (Å²) in [5, 5.41) is 0. The van der Waals surface area contributed by atoms with Crippen LogP contribution in [0.1, 0.15) is 52.4 Å². The second-order valence-corrected chi connectivity index (χ2v) is 7.19. The number of hydrogen-bond donors (Lipinski definition) is 1. The number of rotatable bonds is 6. The first-order valence-electron chi connectivity index (χ1n) is 7.47. The van der Waals surface area contributed by atoms with E-state index in [9.17, 15) is 0 Å². The zero-order chi connectivity index (χ0) is 13.6. The molecule has 3 heteroatoms. The van der Waals surface area contributed by atoms with Gasteiger partial charge in [-0.3, -0.25) is 4.90 Å². The highest BCUT2D eigenvalue weighted by Crippen LogP contribution is 2.35. The van der Waals surface area contributed by atoms with Crippen molar-refractivity contribution in [2.45, 2.75) is 64.0 Å². The van der Waals surface area contributed by atoms with Crippen molar-refractivity contribution in [3.63, 3.8) is 0 Å². The van der Waals surface area contributed by atoms with Gasteiger partial charge in [-0.1, -0.05) is 19.8 Å². The van der Waals surface area contributed by atoms with Crippen LogP contribution in [0.15, 0.2) is 0 Å². The Bertz CT molecular complexity index is 235. The number of nitrogens with zero attached hydrogens (tertiary/aromatic N) is 1. The number of thioether (sulfide) groups is 1. The lowest BCUT2D eigenvalue weighted by molar-refractivity contribution is 0.0674. The van der Waals surface area contributed by atoms with Crippen LogP contribution < -0.4 is 5.73 Å². The van der Waals surface area contributed by atoms with Crippen molar-refractivity contribution >= 4 is 11.8 Å². The van der Waals surface area contributed by atoms with Crippen molar-refractivity contribution in [3.8, 4) is 0 Å². The molecule has 3 unspecified atom stereocenters. The van der Waals surface area contributed by atoms with E-state index in [0.29, 0.717) is 6.04 Å². The van der Waals surface area contributed by atoms with Crippen molar-refractivity contribution in [2.75, 3.05) is 25.6 Å². The molecule has 1 aliphatic rings. The molecule has 1 aliphatic carbocycles. The highest BCUT2D eigenvalue weighted by atomic mass is 32.2. The normalized spacial score (nSPS) is 31.3. The number of hydrogen-bond acceptors (Lipinski definition) is 3. The summed E-state index contributed by atoms with van der Waals surface area (Å²) in [6.07, 6.45) is 10.1. The molecule has 0 amide bonds. The molecule has 0 aromatic heterocycles. The minimum Gasteiger partial charge on any atom is -0.329 e. The maximum Gasteiger partial charge on any atom is 0.0331 e. The van der Waals surface area contributed by atoms with Crippen LogP contribution in [0.3, 0.4) is 0 Å². The zero-order valence-electron chi connectivity index (χ0n) is 12.7. The van der Waals surface area contributed by atoms with E-state index in [4.69, 9.17) is 5.73 Å². The standard InChI is InChI=1S/C15H32N2S/c1-13-6-5-9-15(12-16,10-7-13)17(3)14(2)8-11-18-4/h13-14H,5-12,16H2,1-4H3. The SMILES string of the molecule is CSCCC(C)N(C)C1(CN)CCCC(C)CC1. The number of nitrogens with two attached hydrogens (primary N) is 1. The Balaban J connectivity index is 2.66. The summed E-state index contributed by atoms with van der Waals surface area (Å²) < 4.78 is 0. The molecular weight excluding hydrogens is 240 g/mol. The van der Waals surface area contributed by atoms with Gasteiger partial charge in [-0.05, 0) is 57.6 Å².